The second-order valence-electron chi connectivity index (χ2n) is 6.21. The van der Waals surface area contributed by atoms with Crippen LogP contribution in [0.5, 0.6) is 0 Å². The standard InChI is InChI=1S/C17H28Ge/c1-14(2)18(15(3)4,16(5)6)13-12-17-10-8-7-9-11-17/h7-16H,1-6H3. The van der Waals surface area contributed by atoms with Crippen LogP contribution in [-0.2, 0) is 0 Å². The number of rotatable bonds is 5. The third-order valence-corrected chi connectivity index (χ3v) is 18.5. The normalized spacial score (nSPS) is 13.2. The third kappa shape index (κ3) is 3.29. The summed E-state index contributed by atoms with van der Waals surface area (Å²) in [6.07, 6.45) is 2.38. The van der Waals surface area contributed by atoms with Gasteiger partial charge in [-0.15, -0.1) is 0 Å². The fourth-order valence-corrected chi connectivity index (χ4v) is 15.2. The molecule has 18 heavy (non-hydrogen) atoms. The summed E-state index contributed by atoms with van der Waals surface area (Å²) in [5.41, 5.74) is 1.34. The van der Waals surface area contributed by atoms with Gasteiger partial charge in [0.2, 0.25) is 0 Å². The second kappa shape index (κ2) is 6.61. The van der Waals surface area contributed by atoms with E-state index in [1.165, 1.54) is 5.56 Å². The molecule has 0 aromatic heterocycles. The van der Waals surface area contributed by atoms with Crippen molar-refractivity contribution in [1.29, 1.82) is 0 Å². The molecule has 0 aliphatic rings. The fraction of sp³-hybridized carbons (Fsp3) is 0.529. The molecule has 0 spiro atoms. The van der Waals surface area contributed by atoms with Gasteiger partial charge in [0.15, 0.2) is 0 Å². The molecular weight excluding hydrogens is 277 g/mol. The van der Waals surface area contributed by atoms with Crippen molar-refractivity contribution in [2.24, 2.45) is 0 Å². The number of hydrogen-bond acceptors (Lipinski definition) is 0. The van der Waals surface area contributed by atoms with Gasteiger partial charge in [0, 0.05) is 0 Å². The van der Waals surface area contributed by atoms with Crippen LogP contribution in [-0.4, -0.2) is 13.3 Å². The van der Waals surface area contributed by atoms with E-state index in [1.54, 1.807) is 0 Å². The molecule has 0 heterocycles. The Hall–Kier alpha value is -0.497. The molecule has 0 atom stereocenters. The van der Waals surface area contributed by atoms with Gasteiger partial charge in [-0.1, -0.05) is 0 Å². The second-order valence-corrected chi connectivity index (χ2v) is 18.4. The van der Waals surface area contributed by atoms with E-state index in [-0.39, 0.29) is 0 Å². The third-order valence-electron chi connectivity index (χ3n) is 4.36. The van der Waals surface area contributed by atoms with E-state index in [0.29, 0.717) is 0 Å². The molecule has 0 amide bonds. The van der Waals surface area contributed by atoms with Crippen molar-refractivity contribution in [2.45, 2.75) is 55.8 Å². The molecular formula is C17H28Ge. The van der Waals surface area contributed by atoms with Crippen molar-refractivity contribution >= 4 is 19.3 Å². The molecule has 100 valence electrons. The predicted octanol–water partition coefficient (Wildman–Crippen LogP) is 5.92. The van der Waals surface area contributed by atoms with Gasteiger partial charge >= 0.3 is 116 Å². The average molecular weight is 305 g/mol. The van der Waals surface area contributed by atoms with E-state index >= 15 is 0 Å². The Morgan fingerprint density at radius 1 is 0.778 bits per heavy atom. The Bertz CT molecular complexity index is 352. The van der Waals surface area contributed by atoms with Crippen LogP contribution in [0, 0.1) is 0 Å². The fourth-order valence-electron chi connectivity index (χ4n) is 3.38. The van der Waals surface area contributed by atoms with Gasteiger partial charge in [0.25, 0.3) is 0 Å². The summed E-state index contributed by atoms with van der Waals surface area (Å²) in [5.74, 6) is 0. The van der Waals surface area contributed by atoms with Crippen LogP contribution in [0.25, 0.3) is 6.08 Å². The Kier molecular flexibility index (Phi) is 5.71. The van der Waals surface area contributed by atoms with Crippen molar-refractivity contribution in [1.82, 2.24) is 0 Å². The first-order valence-electron chi connectivity index (χ1n) is 7.15. The van der Waals surface area contributed by atoms with Gasteiger partial charge in [-0.3, -0.25) is 0 Å². The molecule has 0 bridgehead atoms. The summed E-state index contributed by atoms with van der Waals surface area (Å²) in [4.78, 5) is 2.63. The van der Waals surface area contributed by atoms with Crippen LogP contribution < -0.4 is 0 Å². The van der Waals surface area contributed by atoms with E-state index in [9.17, 15) is 0 Å². The first-order valence-corrected chi connectivity index (χ1v) is 12.0. The summed E-state index contributed by atoms with van der Waals surface area (Å²) in [6.45, 7) is 14.6. The van der Waals surface area contributed by atoms with Crippen LogP contribution in [0.2, 0.25) is 14.3 Å². The maximum absolute atomic E-state index is 2.63. The maximum atomic E-state index is 2.63. The predicted molar refractivity (Wildman–Crippen MR) is 86.5 cm³/mol. The molecule has 1 aromatic carbocycles. The van der Waals surface area contributed by atoms with Gasteiger partial charge in [-0.2, -0.15) is 0 Å². The van der Waals surface area contributed by atoms with Crippen molar-refractivity contribution in [3.63, 3.8) is 0 Å². The molecule has 0 aliphatic carbocycles. The van der Waals surface area contributed by atoms with Gasteiger partial charge in [-0.05, 0) is 0 Å². The average Bonchev–Trinajstić information content (AvgIpc) is 2.29. The zero-order valence-electron chi connectivity index (χ0n) is 12.8. The van der Waals surface area contributed by atoms with Gasteiger partial charge < -0.3 is 0 Å². The SMILES string of the molecule is C[CH](C)[Ge]([CH]=Cc1ccccc1)([CH](C)C)[CH](C)C. The first kappa shape index (κ1) is 15.6. The summed E-state index contributed by atoms with van der Waals surface area (Å²) in [7, 11) is 0. The first-order chi connectivity index (χ1) is 8.41. The van der Waals surface area contributed by atoms with Crippen LogP contribution in [0.3, 0.4) is 0 Å². The van der Waals surface area contributed by atoms with E-state index in [4.69, 9.17) is 0 Å². The van der Waals surface area contributed by atoms with Crippen molar-refractivity contribution in [3.05, 3.63) is 40.8 Å². The Balaban J connectivity index is 3.09. The molecule has 0 unspecified atom stereocenters. The summed E-state index contributed by atoms with van der Waals surface area (Å²) >= 11 is -1.97. The van der Waals surface area contributed by atoms with Crippen LogP contribution in [0.1, 0.15) is 47.1 Å². The minimum atomic E-state index is -1.97. The number of hydrogen-bond donors (Lipinski definition) is 0. The zero-order chi connectivity index (χ0) is 13.8. The van der Waals surface area contributed by atoms with Crippen LogP contribution in [0.4, 0.5) is 0 Å². The molecule has 0 radical (unpaired) electrons. The van der Waals surface area contributed by atoms with Crippen LogP contribution >= 0.6 is 0 Å². The van der Waals surface area contributed by atoms with Crippen molar-refractivity contribution in [3.8, 4) is 0 Å². The topological polar surface area (TPSA) is 0 Å². The summed E-state index contributed by atoms with van der Waals surface area (Å²) in [6, 6.07) is 10.7. The Morgan fingerprint density at radius 2 is 1.22 bits per heavy atom. The van der Waals surface area contributed by atoms with E-state index in [2.05, 4.69) is 82.9 Å². The Labute approximate surface area is 116 Å². The van der Waals surface area contributed by atoms with Gasteiger partial charge in [0.1, 0.15) is 0 Å². The molecule has 0 nitrogen and oxygen atoms in total. The van der Waals surface area contributed by atoms with E-state index in [0.717, 1.165) is 14.3 Å². The molecule has 1 rings (SSSR count). The van der Waals surface area contributed by atoms with Gasteiger partial charge in [-0.25, -0.2) is 0 Å². The monoisotopic (exact) mass is 306 g/mol. The van der Waals surface area contributed by atoms with E-state index < -0.39 is 13.3 Å². The molecule has 0 fully saturated rings. The van der Waals surface area contributed by atoms with Crippen molar-refractivity contribution < 1.29 is 0 Å². The number of benzene rings is 1. The Morgan fingerprint density at radius 3 is 1.61 bits per heavy atom. The molecule has 0 aliphatic heterocycles. The molecule has 1 aromatic rings. The molecule has 1 heteroatoms. The minimum absolute atomic E-state index is 0.838. The molecule has 0 saturated carbocycles. The van der Waals surface area contributed by atoms with Crippen LogP contribution in [0.15, 0.2) is 35.2 Å². The summed E-state index contributed by atoms with van der Waals surface area (Å²) in [5, 5.41) is 0. The quantitative estimate of drug-likeness (QED) is 0.592. The van der Waals surface area contributed by atoms with Gasteiger partial charge in [0.05, 0.1) is 0 Å². The van der Waals surface area contributed by atoms with Crippen molar-refractivity contribution in [2.75, 3.05) is 0 Å². The molecule has 0 N–H and O–H groups in total. The molecule has 0 saturated heterocycles. The summed E-state index contributed by atoms with van der Waals surface area (Å²) < 4.78 is 2.51. The van der Waals surface area contributed by atoms with E-state index in [1.807, 2.05) is 0 Å². The zero-order valence-corrected chi connectivity index (χ0v) is 14.9.